The van der Waals surface area contributed by atoms with Crippen LogP contribution in [0, 0.1) is 12.3 Å². The summed E-state index contributed by atoms with van der Waals surface area (Å²) in [5, 5.41) is 0. The van der Waals surface area contributed by atoms with E-state index in [1.165, 1.54) is 0 Å². The molecule has 0 spiro atoms. The van der Waals surface area contributed by atoms with Crippen molar-refractivity contribution in [2.45, 2.75) is 0 Å². The molecule has 0 N–H and O–H groups in total. The quantitative estimate of drug-likeness (QED) is 0.432. The van der Waals surface area contributed by atoms with Crippen LogP contribution < -0.4 is 9.47 Å². The number of ether oxygens (including phenoxy) is 2. The molecule has 0 saturated heterocycles. The third-order valence-electron chi connectivity index (χ3n) is 1.53. The first-order valence-corrected chi connectivity index (χ1v) is 3.46. The molecule has 1 aromatic rings. The standard InChI is InChI=1S/C10H9O2.Cu/c1-4-8-5-6-9(11-2)10(7-8)12-3;/h5-7H,2-3H3;/q-1;+1. The summed E-state index contributed by atoms with van der Waals surface area (Å²) in [5.74, 6) is 3.55. The van der Waals surface area contributed by atoms with Gasteiger partial charge in [0, 0.05) is 0 Å². The molecule has 13 heavy (non-hydrogen) atoms. The monoisotopic (exact) mass is 224 g/mol. The van der Waals surface area contributed by atoms with Crippen molar-refractivity contribution in [3.8, 4) is 17.4 Å². The fourth-order valence-electron chi connectivity index (χ4n) is 0.914. The minimum Gasteiger partial charge on any atom is -0.494 e. The van der Waals surface area contributed by atoms with Crippen LogP contribution in [-0.4, -0.2) is 14.2 Å². The maximum atomic E-state index is 6.90. The Labute approximate surface area is 88.7 Å². The predicted molar refractivity (Wildman–Crippen MR) is 45.8 cm³/mol. The smallest absolute Gasteiger partial charge is 0.494 e. The average Bonchev–Trinajstić information content (AvgIpc) is 2.16. The molecular weight excluding hydrogens is 216 g/mol. The number of hydrogen-bond donors (Lipinski definition) is 0. The van der Waals surface area contributed by atoms with Gasteiger partial charge in [0.2, 0.25) is 0 Å². The van der Waals surface area contributed by atoms with Gasteiger partial charge in [0.15, 0.2) is 5.75 Å². The molecule has 72 valence electrons. The van der Waals surface area contributed by atoms with Gasteiger partial charge in [0.1, 0.15) is 5.75 Å². The van der Waals surface area contributed by atoms with Crippen LogP contribution in [0.1, 0.15) is 5.56 Å². The summed E-state index contributed by atoms with van der Waals surface area (Å²) >= 11 is 0. The zero-order chi connectivity index (χ0) is 8.97. The van der Waals surface area contributed by atoms with Crippen LogP contribution in [0.25, 0.3) is 0 Å². The van der Waals surface area contributed by atoms with E-state index in [1.54, 1.807) is 32.4 Å². The normalized spacial score (nSPS) is 8.08. The number of benzene rings is 1. The maximum Gasteiger partial charge on any atom is 1.00 e. The fourth-order valence-corrected chi connectivity index (χ4v) is 0.914. The SMILES string of the molecule is [C-]#Cc1ccc(OC)c(OC)c1.[Cu+]. The van der Waals surface area contributed by atoms with Gasteiger partial charge >= 0.3 is 17.1 Å². The topological polar surface area (TPSA) is 18.5 Å². The molecule has 0 saturated carbocycles. The van der Waals surface area contributed by atoms with Gasteiger partial charge in [-0.1, -0.05) is 6.07 Å². The predicted octanol–water partition coefficient (Wildman–Crippen LogP) is 1.64. The van der Waals surface area contributed by atoms with Crippen LogP contribution >= 0.6 is 0 Å². The van der Waals surface area contributed by atoms with Gasteiger partial charge in [-0.15, -0.1) is 11.6 Å². The van der Waals surface area contributed by atoms with E-state index < -0.39 is 0 Å². The second kappa shape index (κ2) is 5.53. The van der Waals surface area contributed by atoms with Crippen molar-refractivity contribution in [2.24, 2.45) is 0 Å². The molecule has 1 aromatic carbocycles. The van der Waals surface area contributed by atoms with Crippen molar-refractivity contribution in [3.05, 3.63) is 30.2 Å². The summed E-state index contributed by atoms with van der Waals surface area (Å²) in [7, 11) is 3.14. The van der Waals surface area contributed by atoms with E-state index in [1.807, 2.05) is 0 Å². The summed E-state index contributed by atoms with van der Waals surface area (Å²) in [4.78, 5) is 0. The van der Waals surface area contributed by atoms with Crippen LogP contribution in [0.2, 0.25) is 0 Å². The Hall–Kier alpha value is -1.10. The Morgan fingerprint density at radius 2 is 1.77 bits per heavy atom. The third kappa shape index (κ3) is 2.69. The van der Waals surface area contributed by atoms with Crippen LogP contribution in [0.4, 0.5) is 0 Å². The van der Waals surface area contributed by atoms with Crippen molar-refractivity contribution in [3.63, 3.8) is 0 Å². The van der Waals surface area contributed by atoms with E-state index in [9.17, 15) is 0 Å². The molecule has 3 heteroatoms. The molecule has 0 fully saturated rings. The maximum absolute atomic E-state index is 6.90. The fraction of sp³-hybridized carbons (Fsp3) is 0.200. The molecule has 0 aliphatic rings. The van der Waals surface area contributed by atoms with Gasteiger partial charge in [-0.25, -0.2) is 0 Å². The van der Waals surface area contributed by atoms with E-state index in [0.29, 0.717) is 17.1 Å². The first kappa shape index (κ1) is 11.9. The molecule has 0 unspecified atom stereocenters. The van der Waals surface area contributed by atoms with Crippen molar-refractivity contribution in [1.29, 1.82) is 0 Å². The van der Waals surface area contributed by atoms with Gasteiger partial charge in [0.25, 0.3) is 0 Å². The van der Waals surface area contributed by atoms with E-state index in [2.05, 4.69) is 5.92 Å². The van der Waals surface area contributed by atoms with Crippen LogP contribution in [0.5, 0.6) is 11.5 Å². The average molecular weight is 225 g/mol. The van der Waals surface area contributed by atoms with Crippen LogP contribution in [0.3, 0.4) is 0 Å². The minimum atomic E-state index is 0. The molecule has 0 aliphatic heterocycles. The van der Waals surface area contributed by atoms with Crippen LogP contribution in [0.15, 0.2) is 18.2 Å². The van der Waals surface area contributed by atoms with Gasteiger partial charge in [0.05, 0.1) is 14.2 Å². The van der Waals surface area contributed by atoms with Gasteiger partial charge in [-0.05, 0) is 6.07 Å². The van der Waals surface area contributed by atoms with E-state index in [-0.39, 0.29) is 17.1 Å². The molecule has 0 radical (unpaired) electrons. The number of rotatable bonds is 2. The zero-order valence-corrected chi connectivity index (χ0v) is 8.29. The Balaban J connectivity index is 0.00000144. The molecule has 0 aliphatic carbocycles. The summed E-state index contributed by atoms with van der Waals surface area (Å²) in [5.41, 5.74) is 0.674. The Morgan fingerprint density at radius 1 is 1.15 bits per heavy atom. The van der Waals surface area contributed by atoms with Gasteiger partial charge in [-0.2, -0.15) is 0 Å². The first-order valence-electron chi connectivity index (χ1n) is 3.46. The first-order chi connectivity index (χ1) is 5.81. The Bertz CT molecular complexity index is 315. The van der Waals surface area contributed by atoms with E-state index in [4.69, 9.17) is 15.9 Å². The molecule has 0 amide bonds. The summed E-state index contributed by atoms with van der Waals surface area (Å²) in [6.45, 7) is 0. The molecule has 0 bridgehead atoms. The number of methoxy groups -OCH3 is 2. The molecule has 0 aromatic heterocycles. The molecular formula is C10H9CuO2. The molecule has 2 nitrogen and oxygen atoms in total. The van der Waals surface area contributed by atoms with E-state index in [0.717, 1.165) is 0 Å². The largest absolute Gasteiger partial charge is 1.00 e. The van der Waals surface area contributed by atoms with Gasteiger partial charge < -0.3 is 15.9 Å². The van der Waals surface area contributed by atoms with Crippen molar-refractivity contribution in [2.75, 3.05) is 14.2 Å². The second-order valence-corrected chi connectivity index (χ2v) is 2.19. The van der Waals surface area contributed by atoms with Gasteiger partial charge in [-0.3, -0.25) is 5.92 Å². The Kier molecular flexibility index (Phi) is 5.06. The molecule has 0 atom stereocenters. The molecule has 1 rings (SSSR count). The van der Waals surface area contributed by atoms with Crippen LogP contribution in [-0.2, 0) is 17.1 Å². The minimum absolute atomic E-state index is 0. The summed E-state index contributed by atoms with van der Waals surface area (Å²) in [6.07, 6.45) is 6.90. The van der Waals surface area contributed by atoms with E-state index >= 15 is 0 Å². The summed E-state index contributed by atoms with van der Waals surface area (Å²) < 4.78 is 10.1. The molecule has 0 heterocycles. The second-order valence-electron chi connectivity index (χ2n) is 2.19. The van der Waals surface area contributed by atoms with Crippen molar-refractivity contribution < 1.29 is 26.5 Å². The Morgan fingerprint density at radius 3 is 2.23 bits per heavy atom. The third-order valence-corrected chi connectivity index (χ3v) is 1.53. The summed E-state index contributed by atoms with van der Waals surface area (Å²) in [6, 6.07) is 5.19. The van der Waals surface area contributed by atoms with Crippen molar-refractivity contribution >= 4 is 0 Å². The number of hydrogen-bond acceptors (Lipinski definition) is 2. The van der Waals surface area contributed by atoms with Crippen molar-refractivity contribution in [1.82, 2.24) is 0 Å². The zero-order valence-electron chi connectivity index (χ0n) is 7.35.